The molecule has 1 aromatic carbocycles. The van der Waals surface area contributed by atoms with Crippen LogP contribution in [0, 0.1) is 0 Å². The van der Waals surface area contributed by atoms with E-state index in [-0.39, 0.29) is 5.78 Å². The Morgan fingerprint density at radius 2 is 1.71 bits per heavy atom. The lowest BCUT2D eigenvalue weighted by Crippen LogP contribution is -2.53. The topological polar surface area (TPSA) is 46.6 Å². The highest BCUT2D eigenvalue weighted by atomic mass is 16.5. The van der Waals surface area contributed by atoms with Crippen LogP contribution in [-0.4, -0.2) is 41.9 Å². The van der Waals surface area contributed by atoms with Gasteiger partial charge in [0.2, 0.25) is 0 Å². The van der Waals surface area contributed by atoms with Crippen LogP contribution in [-0.2, 0) is 4.74 Å². The van der Waals surface area contributed by atoms with Crippen molar-refractivity contribution in [3.63, 3.8) is 0 Å². The lowest BCUT2D eigenvalue weighted by molar-refractivity contribution is 0.0490. The molecule has 0 amide bonds. The Hall–Kier alpha value is -2.20. The summed E-state index contributed by atoms with van der Waals surface area (Å²) >= 11 is 0. The molecule has 0 saturated carbocycles. The molecule has 1 atom stereocenters. The van der Waals surface area contributed by atoms with Crippen LogP contribution in [0.1, 0.15) is 73.6 Å². The zero-order valence-electron chi connectivity index (χ0n) is 17.4. The molecular weight excluding hydrogens is 350 g/mol. The van der Waals surface area contributed by atoms with Crippen LogP contribution in [0.2, 0.25) is 0 Å². The molecule has 0 heterocycles. The maximum Gasteiger partial charge on any atom is 0.338 e. The number of likely N-dealkylation sites (N-methyl/N-ethyl adjacent to an activating group) is 1. The molecule has 0 aromatic heterocycles. The second kappa shape index (κ2) is 11.0. The quantitative estimate of drug-likeness (QED) is 0.299. The lowest BCUT2D eigenvalue weighted by atomic mass is 9.80. The molecule has 2 rings (SSSR count). The van der Waals surface area contributed by atoms with Gasteiger partial charge in [-0.2, -0.15) is 0 Å². The molecule has 1 aromatic rings. The molecule has 0 saturated heterocycles. The predicted octanol–water partition coefficient (Wildman–Crippen LogP) is 5.20. The van der Waals surface area contributed by atoms with E-state index < -0.39 is 11.5 Å². The number of benzene rings is 1. The smallest absolute Gasteiger partial charge is 0.338 e. The maximum atomic E-state index is 13.7. The standard InChI is InChI=1S/C24H33NO3/c1-4-7-8-14-19-28-23(27)21-16-11-10-15-20(21)22(26)24(25(5-2)6-3)17-12-9-13-18-24/h9-13,15-17H,4-8,14,18-19H2,1-3H3. The summed E-state index contributed by atoms with van der Waals surface area (Å²) in [5, 5.41) is 0. The molecule has 0 N–H and O–H groups in total. The van der Waals surface area contributed by atoms with Gasteiger partial charge in [0.1, 0.15) is 5.54 Å². The fourth-order valence-electron chi connectivity index (χ4n) is 3.81. The van der Waals surface area contributed by atoms with Gasteiger partial charge in [0.15, 0.2) is 5.78 Å². The molecule has 0 aliphatic heterocycles. The van der Waals surface area contributed by atoms with Gasteiger partial charge in [-0.15, -0.1) is 0 Å². The lowest BCUT2D eigenvalue weighted by Gasteiger charge is -2.40. The molecule has 0 spiro atoms. The van der Waals surface area contributed by atoms with Crippen molar-refractivity contribution in [2.24, 2.45) is 0 Å². The number of hydrogen-bond acceptors (Lipinski definition) is 4. The van der Waals surface area contributed by atoms with Gasteiger partial charge in [-0.25, -0.2) is 4.79 Å². The number of carbonyl (C=O) groups excluding carboxylic acids is 2. The minimum Gasteiger partial charge on any atom is -0.462 e. The van der Waals surface area contributed by atoms with E-state index in [2.05, 4.69) is 25.7 Å². The Kier molecular flexibility index (Phi) is 8.65. The Labute approximate surface area is 169 Å². The van der Waals surface area contributed by atoms with E-state index >= 15 is 0 Å². The highest BCUT2D eigenvalue weighted by molar-refractivity contribution is 6.11. The van der Waals surface area contributed by atoms with Gasteiger partial charge < -0.3 is 4.74 Å². The van der Waals surface area contributed by atoms with Crippen molar-refractivity contribution in [2.75, 3.05) is 19.7 Å². The van der Waals surface area contributed by atoms with Crippen LogP contribution in [0.3, 0.4) is 0 Å². The van der Waals surface area contributed by atoms with Crippen LogP contribution in [0.4, 0.5) is 0 Å². The van der Waals surface area contributed by atoms with Crippen molar-refractivity contribution in [2.45, 2.75) is 58.4 Å². The van der Waals surface area contributed by atoms with Crippen LogP contribution in [0.25, 0.3) is 0 Å². The summed E-state index contributed by atoms with van der Waals surface area (Å²) in [5.74, 6) is -0.458. The van der Waals surface area contributed by atoms with Gasteiger partial charge in [0.25, 0.3) is 0 Å². The minimum atomic E-state index is -0.754. The Balaban J connectivity index is 2.26. The highest BCUT2D eigenvalue weighted by Gasteiger charge is 2.41. The van der Waals surface area contributed by atoms with Crippen LogP contribution >= 0.6 is 0 Å². The van der Waals surface area contributed by atoms with Crippen LogP contribution in [0.5, 0.6) is 0 Å². The Bertz CT molecular complexity index is 718. The average Bonchev–Trinajstić information content (AvgIpc) is 2.74. The summed E-state index contributed by atoms with van der Waals surface area (Å²) in [6, 6.07) is 7.03. The average molecular weight is 384 g/mol. The normalized spacial score (nSPS) is 18.4. The number of unbranched alkanes of at least 4 members (excludes halogenated alkanes) is 3. The molecule has 28 heavy (non-hydrogen) atoms. The van der Waals surface area contributed by atoms with Crippen molar-refractivity contribution in [3.05, 3.63) is 59.7 Å². The first kappa shape index (κ1) is 22.1. The molecule has 4 heteroatoms. The first-order chi connectivity index (χ1) is 13.6. The predicted molar refractivity (Wildman–Crippen MR) is 114 cm³/mol. The van der Waals surface area contributed by atoms with E-state index in [0.29, 0.717) is 24.2 Å². The van der Waals surface area contributed by atoms with Gasteiger partial charge in [-0.1, -0.05) is 82.5 Å². The van der Waals surface area contributed by atoms with E-state index in [1.807, 2.05) is 30.4 Å². The molecule has 152 valence electrons. The number of carbonyl (C=O) groups is 2. The molecule has 0 fully saturated rings. The highest BCUT2D eigenvalue weighted by Crippen LogP contribution is 2.31. The van der Waals surface area contributed by atoms with E-state index in [1.165, 1.54) is 0 Å². The number of hydrogen-bond donors (Lipinski definition) is 0. The van der Waals surface area contributed by atoms with Gasteiger partial charge >= 0.3 is 5.97 Å². The molecule has 0 bridgehead atoms. The van der Waals surface area contributed by atoms with E-state index in [1.54, 1.807) is 18.2 Å². The summed E-state index contributed by atoms with van der Waals surface area (Å²) in [6.07, 6.45) is 12.7. The van der Waals surface area contributed by atoms with Gasteiger partial charge in [-0.3, -0.25) is 9.69 Å². The second-order valence-corrected chi connectivity index (χ2v) is 7.16. The summed E-state index contributed by atoms with van der Waals surface area (Å²) in [5.41, 5.74) is 0.0424. The fraction of sp³-hybridized carbons (Fsp3) is 0.500. The van der Waals surface area contributed by atoms with E-state index in [9.17, 15) is 9.59 Å². The zero-order chi connectivity index (χ0) is 20.4. The van der Waals surface area contributed by atoms with Gasteiger partial charge in [0.05, 0.1) is 12.2 Å². The third kappa shape index (κ3) is 4.99. The number of allylic oxidation sites excluding steroid dienone is 2. The monoisotopic (exact) mass is 383 g/mol. The van der Waals surface area contributed by atoms with Crippen molar-refractivity contribution in [3.8, 4) is 0 Å². The second-order valence-electron chi connectivity index (χ2n) is 7.16. The molecular formula is C24H33NO3. The van der Waals surface area contributed by atoms with Crippen LogP contribution < -0.4 is 0 Å². The number of nitrogens with zero attached hydrogens (tertiary/aromatic N) is 1. The molecule has 4 nitrogen and oxygen atoms in total. The third-order valence-corrected chi connectivity index (χ3v) is 5.39. The number of Topliss-reactive ketones (excluding diaryl/α,β-unsaturated/α-hetero) is 1. The SMILES string of the molecule is CCCCCCOC(=O)c1ccccc1C(=O)C1(N(CC)CC)C=CC=CC1. The number of ketones is 1. The molecule has 1 aliphatic rings. The fourth-order valence-corrected chi connectivity index (χ4v) is 3.81. The first-order valence-electron chi connectivity index (χ1n) is 10.5. The van der Waals surface area contributed by atoms with Crippen molar-refractivity contribution in [1.29, 1.82) is 0 Å². The van der Waals surface area contributed by atoms with E-state index in [4.69, 9.17) is 4.74 Å². The van der Waals surface area contributed by atoms with Crippen molar-refractivity contribution in [1.82, 2.24) is 4.90 Å². The van der Waals surface area contributed by atoms with Crippen LogP contribution in [0.15, 0.2) is 48.6 Å². The number of esters is 1. The van der Waals surface area contributed by atoms with E-state index in [0.717, 1.165) is 38.8 Å². The Morgan fingerprint density at radius 1 is 1.00 bits per heavy atom. The van der Waals surface area contributed by atoms with Gasteiger partial charge in [-0.05, 0) is 32.0 Å². The van der Waals surface area contributed by atoms with Gasteiger partial charge in [0, 0.05) is 5.56 Å². The zero-order valence-corrected chi connectivity index (χ0v) is 17.4. The number of ether oxygens (including phenoxy) is 1. The first-order valence-corrected chi connectivity index (χ1v) is 10.5. The van der Waals surface area contributed by atoms with Crippen molar-refractivity contribution >= 4 is 11.8 Å². The molecule has 1 unspecified atom stereocenters. The Morgan fingerprint density at radius 3 is 2.32 bits per heavy atom. The summed E-state index contributed by atoms with van der Waals surface area (Å²) in [7, 11) is 0. The number of rotatable bonds is 11. The molecule has 0 radical (unpaired) electrons. The largest absolute Gasteiger partial charge is 0.462 e. The third-order valence-electron chi connectivity index (χ3n) is 5.39. The summed E-state index contributed by atoms with van der Waals surface area (Å²) in [4.78, 5) is 28.5. The maximum absolute atomic E-state index is 13.7. The minimum absolute atomic E-state index is 0.0460. The summed E-state index contributed by atoms with van der Waals surface area (Å²) in [6.45, 7) is 8.16. The van der Waals surface area contributed by atoms with Crippen molar-refractivity contribution < 1.29 is 14.3 Å². The summed E-state index contributed by atoms with van der Waals surface area (Å²) < 4.78 is 5.46. The molecule has 1 aliphatic carbocycles.